The Bertz CT molecular complexity index is 535. The van der Waals surface area contributed by atoms with Crippen LogP contribution in [0.4, 0.5) is 0 Å². The number of primary amides is 1. The number of hydrogen-bond acceptors (Lipinski definition) is 4. The van der Waals surface area contributed by atoms with E-state index in [2.05, 4.69) is 4.98 Å². The molecule has 1 amide bonds. The molecule has 1 aliphatic heterocycles. The lowest BCUT2D eigenvalue weighted by atomic mass is 9.76. The van der Waals surface area contributed by atoms with Gasteiger partial charge in [-0.3, -0.25) is 4.79 Å². The third-order valence-corrected chi connectivity index (χ3v) is 5.22. The van der Waals surface area contributed by atoms with Crippen LogP contribution in [0.3, 0.4) is 0 Å². The molecule has 126 valence electrons. The highest BCUT2D eigenvalue weighted by atomic mass is 16.5. The van der Waals surface area contributed by atoms with Gasteiger partial charge in [0.2, 0.25) is 11.8 Å². The molecule has 0 radical (unpaired) electrons. The molecule has 1 saturated heterocycles. The van der Waals surface area contributed by atoms with Crippen LogP contribution in [0.15, 0.2) is 18.2 Å². The fourth-order valence-electron chi connectivity index (χ4n) is 3.67. The first-order valence-corrected chi connectivity index (χ1v) is 8.69. The van der Waals surface area contributed by atoms with Crippen molar-refractivity contribution < 1.29 is 14.3 Å². The second kappa shape index (κ2) is 7.30. The number of hydrogen-bond donors (Lipinski definition) is 1. The van der Waals surface area contributed by atoms with Gasteiger partial charge in [-0.05, 0) is 37.7 Å². The van der Waals surface area contributed by atoms with Crippen LogP contribution >= 0.6 is 0 Å². The standard InChI is InChI=1S/C18H26N2O3/c19-17(21)18(9-11-22-12-10-18)15-7-4-8-16(20-15)23-13-14-5-2-1-3-6-14/h4,7-8,14H,1-3,5-6,9-13H2,(H2,19,21). The van der Waals surface area contributed by atoms with Crippen molar-refractivity contribution in [3.8, 4) is 5.88 Å². The summed E-state index contributed by atoms with van der Waals surface area (Å²) in [7, 11) is 0. The van der Waals surface area contributed by atoms with Gasteiger partial charge in [0.15, 0.2) is 0 Å². The second-order valence-electron chi connectivity index (χ2n) is 6.73. The van der Waals surface area contributed by atoms with Gasteiger partial charge in [-0.15, -0.1) is 0 Å². The minimum atomic E-state index is -0.720. The average molecular weight is 318 g/mol. The van der Waals surface area contributed by atoms with Crippen molar-refractivity contribution in [3.63, 3.8) is 0 Å². The van der Waals surface area contributed by atoms with Crippen molar-refractivity contribution in [2.75, 3.05) is 19.8 Å². The highest BCUT2D eigenvalue weighted by Crippen LogP contribution is 2.34. The topological polar surface area (TPSA) is 74.4 Å². The molecule has 0 unspecified atom stereocenters. The van der Waals surface area contributed by atoms with Crippen LogP contribution in [-0.2, 0) is 14.9 Å². The number of ether oxygens (including phenoxy) is 2. The van der Waals surface area contributed by atoms with Crippen molar-refractivity contribution in [2.45, 2.75) is 50.4 Å². The van der Waals surface area contributed by atoms with Gasteiger partial charge in [0.05, 0.1) is 17.7 Å². The van der Waals surface area contributed by atoms with Crippen molar-refractivity contribution in [2.24, 2.45) is 11.7 Å². The van der Waals surface area contributed by atoms with Crippen LogP contribution in [-0.4, -0.2) is 30.7 Å². The molecule has 23 heavy (non-hydrogen) atoms. The van der Waals surface area contributed by atoms with Gasteiger partial charge < -0.3 is 15.2 Å². The Morgan fingerprint density at radius 3 is 2.70 bits per heavy atom. The fraction of sp³-hybridized carbons (Fsp3) is 0.667. The van der Waals surface area contributed by atoms with Gasteiger partial charge in [0, 0.05) is 19.3 Å². The predicted octanol–water partition coefficient (Wildman–Crippen LogP) is 2.57. The first kappa shape index (κ1) is 16.2. The van der Waals surface area contributed by atoms with Crippen molar-refractivity contribution in [1.82, 2.24) is 4.98 Å². The maximum atomic E-state index is 12.1. The summed E-state index contributed by atoms with van der Waals surface area (Å²) in [5.74, 6) is 0.903. The Hall–Kier alpha value is -1.62. The number of rotatable bonds is 5. The van der Waals surface area contributed by atoms with Crippen LogP contribution in [0.1, 0.15) is 50.6 Å². The summed E-state index contributed by atoms with van der Waals surface area (Å²) in [6.07, 6.45) is 7.58. The van der Waals surface area contributed by atoms with Crippen LogP contribution < -0.4 is 10.5 Å². The maximum absolute atomic E-state index is 12.1. The van der Waals surface area contributed by atoms with E-state index in [1.54, 1.807) is 0 Å². The molecule has 3 rings (SSSR count). The minimum Gasteiger partial charge on any atom is -0.477 e. The molecule has 5 nitrogen and oxygen atoms in total. The Morgan fingerprint density at radius 2 is 2.00 bits per heavy atom. The number of carbonyl (C=O) groups excluding carboxylic acids is 1. The van der Waals surface area contributed by atoms with Gasteiger partial charge in [-0.1, -0.05) is 25.3 Å². The first-order valence-electron chi connectivity index (χ1n) is 8.69. The summed E-state index contributed by atoms with van der Waals surface area (Å²) in [6, 6.07) is 5.64. The number of carbonyl (C=O) groups is 1. The number of pyridine rings is 1. The van der Waals surface area contributed by atoms with Crippen LogP contribution in [0.25, 0.3) is 0 Å². The van der Waals surface area contributed by atoms with E-state index < -0.39 is 5.41 Å². The van der Waals surface area contributed by atoms with E-state index in [-0.39, 0.29) is 5.91 Å². The molecule has 1 aliphatic carbocycles. The van der Waals surface area contributed by atoms with Gasteiger partial charge >= 0.3 is 0 Å². The van der Waals surface area contributed by atoms with E-state index in [9.17, 15) is 4.79 Å². The van der Waals surface area contributed by atoms with Gasteiger partial charge in [0.25, 0.3) is 0 Å². The first-order chi connectivity index (χ1) is 11.2. The number of amides is 1. The van der Waals surface area contributed by atoms with Crippen molar-refractivity contribution in [1.29, 1.82) is 0 Å². The maximum Gasteiger partial charge on any atom is 0.229 e. The zero-order valence-electron chi connectivity index (χ0n) is 13.6. The Kier molecular flexibility index (Phi) is 5.16. The fourth-order valence-corrected chi connectivity index (χ4v) is 3.67. The smallest absolute Gasteiger partial charge is 0.229 e. The van der Waals surface area contributed by atoms with Crippen molar-refractivity contribution in [3.05, 3.63) is 23.9 Å². The summed E-state index contributed by atoms with van der Waals surface area (Å²) in [4.78, 5) is 16.7. The normalized spacial score (nSPS) is 21.7. The summed E-state index contributed by atoms with van der Waals surface area (Å²) in [5.41, 5.74) is 5.70. The summed E-state index contributed by atoms with van der Waals surface area (Å²) < 4.78 is 11.3. The number of aromatic nitrogens is 1. The Balaban J connectivity index is 1.71. The lowest BCUT2D eigenvalue weighted by Crippen LogP contribution is -2.46. The van der Waals surface area contributed by atoms with Gasteiger partial charge in [0.1, 0.15) is 0 Å². The van der Waals surface area contributed by atoms with E-state index in [4.69, 9.17) is 15.2 Å². The Morgan fingerprint density at radius 1 is 1.26 bits per heavy atom. The highest BCUT2D eigenvalue weighted by Gasteiger charge is 2.41. The molecule has 2 aliphatic rings. The number of nitrogens with zero attached hydrogens (tertiary/aromatic N) is 1. The van der Waals surface area contributed by atoms with E-state index in [1.165, 1.54) is 32.1 Å². The Labute approximate surface area is 137 Å². The highest BCUT2D eigenvalue weighted by molar-refractivity contribution is 5.86. The predicted molar refractivity (Wildman–Crippen MR) is 87.2 cm³/mol. The van der Waals surface area contributed by atoms with E-state index in [1.807, 2.05) is 18.2 Å². The molecule has 2 fully saturated rings. The zero-order valence-corrected chi connectivity index (χ0v) is 13.6. The molecule has 1 aromatic rings. The average Bonchev–Trinajstić information content (AvgIpc) is 2.61. The summed E-state index contributed by atoms with van der Waals surface area (Å²) in [5, 5.41) is 0. The molecule has 1 saturated carbocycles. The molecule has 0 atom stereocenters. The third kappa shape index (κ3) is 3.66. The van der Waals surface area contributed by atoms with E-state index >= 15 is 0 Å². The SMILES string of the molecule is NC(=O)C1(c2cccc(OCC3CCCCC3)n2)CCOCC1. The summed E-state index contributed by atoms with van der Waals surface area (Å²) in [6.45, 7) is 1.79. The van der Waals surface area contributed by atoms with Gasteiger partial charge in [-0.25, -0.2) is 4.98 Å². The molecule has 1 aromatic heterocycles. The molecule has 2 N–H and O–H groups in total. The lowest BCUT2D eigenvalue weighted by Gasteiger charge is -2.33. The molecule has 5 heteroatoms. The van der Waals surface area contributed by atoms with Gasteiger partial charge in [-0.2, -0.15) is 0 Å². The molecule has 2 heterocycles. The third-order valence-electron chi connectivity index (χ3n) is 5.22. The van der Waals surface area contributed by atoms with Crippen molar-refractivity contribution >= 4 is 5.91 Å². The minimum absolute atomic E-state index is 0.322. The monoisotopic (exact) mass is 318 g/mol. The molecular weight excluding hydrogens is 292 g/mol. The van der Waals surface area contributed by atoms with E-state index in [0.717, 1.165) is 5.69 Å². The molecule has 0 bridgehead atoms. The molecular formula is C18H26N2O3. The van der Waals surface area contributed by atoms with Crippen LogP contribution in [0, 0.1) is 5.92 Å². The number of nitrogens with two attached hydrogens (primary N) is 1. The van der Waals surface area contributed by atoms with E-state index in [0.29, 0.717) is 44.5 Å². The largest absolute Gasteiger partial charge is 0.477 e. The van der Waals surface area contributed by atoms with Crippen LogP contribution in [0.5, 0.6) is 5.88 Å². The molecule has 0 aromatic carbocycles. The second-order valence-corrected chi connectivity index (χ2v) is 6.73. The van der Waals surface area contributed by atoms with Crippen LogP contribution in [0.2, 0.25) is 0 Å². The lowest BCUT2D eigenvalue weighted by molar-refractivity contribution is -0.127. The zero-order chi connectivity index (χ0) is 16.1. The quantitative estimate of drug-likeness (QED) is 0.905. The molecule has 0 spiro atoms. The summed E-state index contributed by atoms with van der Waals surface area (Å²) >= 11 is 0.